The normalized spacial score (nSPS) is 16.7. The van der Waals surface area contributed by atoms with Crippen LogP contribution in [0.1, 0.15) is 25.7 Å². The summed E-state index contributed by atoms with van der Waals surface area (Å²) in [6.07, 6.45) is 4.59. The number of primary amides is 1. The van der Waals surface area contributed by atoms with E-state index in [9.17, 15) is 9.59 Å². The second kappa shape index (κ2) is 4.09. The molecule has 0 unspecified atom stereocenters. The molecule has 0 heterocycles. The van der Waals surface area contributed by atoms with E-state index in [0.29, 0.717) is 6.04 Å². The Morgan fingerprint density at radius 3 is 2.58 bits per heavy atom. The van der Waals surface area contributed by atoms with Crippen molar-refractivity contribution in [2.45, 2.75) is 31.7 Å². The van der Waals surface area contributed by atoms with Gasteiger partial charge < -0.3 is 11.1 Å². The number of hydrogen-bond acceptors (Lipinski definition) is 2. The van der Waals surface area contributed by atoms with E-state index in [2.05, 4.69) is 5.32 Å². The molecule has 1 saturated carbocycles. The Balaban J connectivity index is 2.06. The average molecular weight is 169 g/mol. The van der Waals surface area contributed by atoms with E-state index in [0.717, 1.165) is 12.8 Å². The van der Waals surface area contributed by atoms with E-state index in [1.807, 2.05) is 0 Å². The van der Waals surface area contributed by atoms with Crippen LogP contribution in [-0.4, -0.2) is 17.9 Å². The van der Waals surface area contributed by atoms with Crippen molar-refractivity contribution < 1.29 is 9.59 Å². The lowest BCUT2D eigenvalue weighted by molar-refractivity contribution is -0.123. The molecule has 12 heavy (non-hydrogen) atoms. The molecular weight excluding hydrogens is 156 g/mol. The fourth-order valence-electron chi connectivity index (χ4n) is 1.03. The number of nitrogens with one attached hydrogen (secondary N) is 1. The van der Waals surface area contributed by atoms with Crippen LogP contribution < -0.4 is 11.1 Å². The Hall–Kier alpha value is -1.06. The molecular formula is C8H13N2O2. The molecule has 1 rings (SSSR count). The Kier molecular flexibility index (Phi) is 3.08. The van der Waals surface area contributed by atoms with Crippen molar-refractivity contribution in [3.63, 3.8) is 0 Å². The smallest absolute Gasteiger partial charge is 0.221 e. The zero-order valence-corrected chi connectivity index (χ0v) is 6.88. The van der Waals surface area contributed by atoms with Crippen molar-refractivity contribution in [2.24, 2.45) is 5.73 Å². The van der Waals surface area contributed by atoms with Gasteiger partial charge in [-0.3, -0.25) is 9.59 Å². The van der Waals surface area contributed by atoms with Gasteiger partial charge in [0, 0.05) is 12.5 Å². The maximum Gasteiger partial charge on any atom is 0.221 e. The molecule has 0 aliphatic heterocycles. The fourth-order valence-corrected chi connectivity index (χ4v) is 1.03. The highest BCUT2D eigenvalue weighted by Gasteiger charge is 2.19. The van der Waals surface area contributed by atoms with Gasteiger partial charge in [0.1, 0.15) is 0 Å². The van der Waals surface area contributed by atoms with Crippen LogP contribution in [0.25, 0.3) is 0 Å². The zero-order valence-electron chi connectivity index (χ0n) is 6.88. The molecule has 0 saturated heterocycles. The van der Waals surface area contributed by atoms with Gasteiger partial charge in [0.25, 0.3) is 0 Å². The van der Waals surface area contributed by atoms with Crippen LogP contribution in [0.4, 0.5) is 0 Å². The average Bonchev–Trinajstić information content (AvgIpc) is 1.93. The van der Waals surface area contributed by atoms with Crippen LogP contribution in [0, 0.1) is 6.42 Å². The van der Waals surface area contributed by atoms with Crippen LogP contribution >= 0.6 is 0 Å². The largest absolute Gasteiger partial charge is 0.369 e. The minimum atomic E-state index is -0.543. The van der Waals surface area contributed by atoms with Gasteiger partial charge in [-0.25, -0.2) is 0 Å². The third-order valence-electron chi connectivity index (χ3n) is 1.96. The predicted octanol–water partition coefficient (Wildman–Crippen LogP) is -0.265. The molecule has 1 fully saturated rings. The Bertz CT molecular complexity index is 187. The number of amides is 2. The quantitative estimate of drug-likeness (QED) is 0.608. The Morgan fingerprint density at radius 1 is 1.50 bits per heavy atom. The minimum absolute atomic E-state index is 0.103. The number of carbonyl (C=O) groups is 2. The fraction of sp³-hybridized carbons (Fsp3) is 0.625. The summed E-state index contributed by atoms with van der Waals surface area (Å²) in [5, 5.41) is 2.79. The topological polar surface area (TPSA) is 72.2 Å². The van der Waals surface area contributed by atoms with E-state index in [4.69, 9.17) is 5.73 Å². The third kappa shape index (κ3) is 2.90. The summed E-state index contributed by atoms with van der Waals surface area (Å²) in [4.78, 5) is 21.3. The lowest BCUT2D eigenvalue weighted by atomic mass is 9.93. The molecule has 67 valence electrons. The number of hydrogen-bond donors (Lipinski definition) is 2. The molecule has 0 spiro atoms. The third-order valence-corrected chi connectivity index (χ3v) is 1.96. The molecule has 1 aliphatic rings. The molecule has 1 radical (unpaired) electrons. The summed E-state index contributed by atoms with van der Waals surface area (Å²) in [5.74, 6) is -0.655. The summed E-state index contributed by atoms with van der Waals surface area (Å²) in [6.45, 7) is 0. The first-order valence-corrected chi connectivity index (χ1v) is 4.10. The summed E-state index contributed by atoms with van der Waals surface area (Å²) >= 11 is 0. The number of rotatable bonds is 4. The second-order valence-electron chi connectivity index (χ2n) is 3.01. The van der Waals surface area contributed by atoms with Crippen LogP contribution in [0.2, 0.25) is 0 Å². The van der Waals surface area contributed by atoms with Crippen molar-refractivity contribution in [3.05, 3.63) is 6.42 Å². The molecule has 4 heteroatoms. The van der Waals surface area contributed by atoms with E-state index < -0.39 is 5.91 Å². The summed E-state index contributed by atoms with van der Waals surface area (Å²) in [5.41, 5.74) is 4.84. The zero-order chi connectivity index (χ0) is 8.97. The summed E-state index contributed by atoms with van der Waals surface area (Å²) in [7, 11) is 0. The van der Waals surface area contributed by atoms with Crippen molar-refractivity contribution >= 4 is 11.8 Å². The Labute approximate surface area is 71.5 Å². The predicted molar refractivity (Wildman–Crippen MR) is 43.9 cm³/mol. The molecule has 1 aliphatic carbocycles. The van der Waals surface area contributed by atoms with Gasteiger partial charge in [-0.05, 0) is 19.3 Å². The highest BCUT2D eigenvalue weighted by atomic mass is 16.2. The van der Waals surface area contributed by atoms with Gasteiger partial charge in [-0.1, -0.05) is 0 Å². The van der Waals surface area contributed by atoms with Gasteiger partial charge in [0.15, 0.2) is 0 Å². The molecule has 0 aromatic heterocycles. The SMILES string of the molecule is NC(=O)[CH]CC(=O)NC1CCC1. The number of nitrogens with two attached hydrogens (primary N) is 1. The van der Waals surface area contributed by atoms with Gasteiger partial charge >= 0.3 is 0 Å². The van der Waals surface area contributed by atoms with Crippen molar-refractivity contribution in [3.8, 4) is 0 Å². The van der Waals surface area contributed by atoms with Crippen molar-refractivity contribution in [1.29, 1.82) is 0 Å². The van der Waals surface area contributed by atoms with E-state index in [1.165, 1.54) is 12.8 Å². The molecule has 2 amide bonds. The summed E-state index contributed by atoms with van der Waals surface area (Å²) < 4.78 is 0. The lowest BCUT2D eigenvalue weighted by Gasteiger charge is -2.26. The molecule has 0 aromatic rings. The van der Waals surface area contributed by atoms with Crippen molar-refractivity contribution in [1.82, 2.24) is 5.32 Å². The monoisotopic (exact) mass is 169 g/mol. The maximum absolute atomic E-state index is 11.0. The second-order valence-corrected chi connectivity index (χ2v) is 3.01. The number of carbonyl (C=O) groups excluding carboxylic acids is 2. The molecule has 0 aromatic carbocycles. The maximum atomic E-state index is 11.0. The molecule has 0 bridgehead atoms. The van der Waals surface area contributed by atoms with E-state index in [-0.39, 0.29) is 12.3 Å². The Morgan fingerprint density at radius 2 is 2.17 bits per heavy atom. The van der Waals surface area contributed by atoms with E-state index in [1.54, 1.807) is 0 Å². The summed E-state index contributed by atoms with van der Waals surface area (Å²) in [6, 6.07) is 0.332. The first-order valence-electron chi connectivity index (χ1n) is 4.10. The molecule has 3 N–H and O–H groups in total. The van der Waals surface area contributed by atoms with Gasteiger partial charge in [-0.15, -0.1) is 0 Å². The highest BCUT2D eigenvalue weighted by molar-refractivity contribution is 5.89. The van der Waals surface area contributed by atoms with Crippen LogP contribution in [0.3, 0.4) is 0 Å². The van der Waals surface area contributed by atoms with Crippen LogP contribution in [0.5, 0.6) is 0 Å². The first kappa shape index (κ1) is 9.03. The van der Waals surface area contributed by atoms with Gasteiger partial charge in [0.05, 0.1) is 6.42 Å². The molecule has 0 atom stereocenters. The van der Waals surface area contributed by atoms with Gasteiger partial charge in [0.2, 0.25) is 11.8 Å². The minimum Gasteiger partial charge on any atom is -0.369 e. The van der Waals surface area contributed by atoms with Gasteiger partial charge in [-0.2, -0.15) is 0 Å². The highest BCUT2D eigenvalue weighted by Crippen LogP contribution is 2.17. The molecule has 4 nitrogen and oxygen atoms in total. The van der Waals surface area contributed by atoms with Crippen LogP contribution in [-0.2, 0) is 9.59 Å². The lowest BCUT2D eigenvalue weighted by Crippen LogP contribution is -2.39. The van der Waals surface area contributed by atoms with Crippen molar-refractivity contribution in [2.75, 3.05) is 0 Å². The standard InChI is InChI=1S/C8H13N2O2/c9-7(11)4-5-8(12)10-6-2-1-3-6/h4,6H,1-3,5H2,(H2,9,11)(H,10,12). The first-order chi connectivity index (χ1) is 5.68. The van der Waals surface area contributed by atoms with Crippen LogP contribution in [0.15, 0.2) is 0 Å². The van der Waals surface area contributed by atoms with E-state index >= 15 is 0 Å².